The number of H-pyrrole nitrogens is 2. The summed E-state index contributed by atoms with van der Waals surface area (Å²) in [4.78, 5) is 46.1. The zero-order valence-electron chi connectivity index (χ0n) is 30.2. The second-order valence-corrected chi connectivity index (χ2v) is 15.8. The van der Waals surface area contributed by atoms with Crippen LogP contribution in [0.5, 0.6) is 0 Å². The van der Waals surface area contributed by atoms with Crippen molar-refractivity contribution >= 4 is 34.0 Å². The van der Waals surface area contributed by atoms with Gasteiger partial charge in [-0.15, -0.1) is 0 Å². The number of nitrogens with zero attached hydrogens (tertiary/aromatic N) is 4. The zero-order valence-corrected chi connectivity index (χ0v) is 30.2. The van der Waals surface area contributed by atoms with E-state index in [4.69, 9.17) is 14.5 Å². The molecule has 2 aliphatic rings. The minimum atomic E-state index is -0.539. The lowest BCUT2D eigenvalue weighted by molar-refractivity contribution is 0.0204. The van der Waals surface area contributed by atoms with Gasteiger partial charge in [-0.2, -0.15) is 0 Å². The fourth-order valence-electron chi connectivity index (χ4n) is 7.45. The third-order valence-corrected chi connectivity index (χ3v) is 9.82. The number of benzene rings is 3. The van der Waals surface area contributed by atoms with Crippen molar-refractivity contribution in [3.8, 4) is 22.4 Å². The number of rotatable bonds is 5. The second-order valence-electron chi connectivity index (χ2n) is 15.8. The van der Waals surface area contributed by atoms with Crippen LogP contribution >= 0.6 is 0 Å². The Hall–Kier alpha value is -4.86. The number of nitrogens with one attached hydrogen (secondary N) is 2. The van der Waals surface area contributed by atoms with Crippen molar-refractivity contribution < 1.29 is 19.1 Å². The maximum absolute atomic E-state index is 12.9. The van der Waals surface area contributed by atoms with Crippen LogP contribution in [0.3, 0.4) is 0 Å². The fraction of sp³-hybridized carbons (Fsp3) is 0.450. The molecule has 1 aliphatic carbocycles. The lowest BCUT2D eigenvalue weighted by Crippen LogP contribution is -2.42. The molecule has 2 fully saturated rings. The lowest BCUT2D eigenvalue weighted by atomic mass is 9.99. The highest BCUT2D eigenvalue weighted by atomic mass is 16.6. The SMILES string of the molecule is CN(C(=O)OC(C)(C)C)C1CCCC1c1nc2c(ccc3cc(-c4ccc(-c5cnc(C6CCCN6C(=O)OC(C)(C)C)[nH]5)cc4)ccc32)[nH]1. The highest BCUT2D eigenvalue weighted by Gasteiger charge is 2.38. The number of imidazole rings is 2. The predicted molar refractivity (Wildman–Crippen MR) is 196 cm³/mol. The van der Waals surface area contributed by atoms with Gasteiger partial charge in [-0.25, -0.2) is 19.6 Å². The third-order valence-electron chi connectivity index (χ3n) is 9.82. The summed E-state index contributed by atoms with van der Waals surface area (Å²) in [5, 5.41) is 2.22. The standard InChI is InChI=1S/C40H48N6O4/c1-39(2,3)49-37(47)45(7)32-11-8-10-29(32)35-42-30-20-18-27-22-26(17-19-28(27)34(30)44-35)24-13-15-25(16-14-24)31-23-41-36(43-31)33-12-9-21-46(33)38(48)50-40(4,5)6/h13-20,22-23,29,32-33H,8-12,21H2,1-7H3,(H,41,43)(H,42,44). The van der Waals surface area contributed by atoms with Crippen molar-refractivity contribution in [2.45, 2.75) is 103 Å². The van der Waals surface area contributed by atoms with Crippen molar-refractivity contribution in [2.75, 3.05) is 13.6 Å². The number of aromatic nitrogens is 4. The van der Waals surface area contributed by atoms with Gasteiger partial charge in [-0.05, 0) is 101 Å². The van der Waals surface area contributed by atoms with Gasteiger partial charge in [0.2, 0.25) is 0 Å². The van der Waals surface area contributed by atoms with Gasteiger partial charge in [0, 0.05) is 30.9 Å². The van der Waals surface area contributed by atoms with E-state index in [1.54, 1.807) is 9.80 Å². The molecule has 10 heteroatoms. The number of fused-ring (bicyclic) bond motifs is 3. The number of likely N-dealkylation sites (N-methyl/N-ethyl adjacent to an activating group) is 1. The molecule has 1 saturated heterocycles. The van der Waals surface area contributed by atoms with E-state index in [0.29, 0.717) is 6.54 Å². The van der Waals surface area contributed by atoms with Gasteiger partial charge in [0.15, 0.2) is 0 Å². The summed E-state index contributed by atoms with van der Waals surface area (Å²) in [6, 6.07) is 19.2. The van der Waals surface area contributed by atoms with E-state index in [0.717, 1.165) is 87.9 Å². The molecule has 3 unspecified atom stereocenters. The molecule has 2 N–H and O–H groups in total. The van der Waals surface area contributed by atoms with Gasteiger partial charge in [0.1, 0.15) is 22.9 Å². The van der Waals surface area contributed by atoms with Crippen LogP contribution < -0.4 is 0 Å². The third kappa shape index (κ3) is 6.80. The number of carbonyl (C=O) groups excluding carboxylic acids is 2. The topological polar surface area (TPSA) is 116 Å². The summed E-state index contributed by atoms with van der Waals surface area (Å²) in [7, 11) is 1.84. The Morgan fingerprint density at radius 1 is 0.820 bits per heavy atom. The van der Waals surface area contributed by atoms with E-state index in [9.17, 15) is 9.59 Å². The Morgan fingerprint density at radius 2 is 1.54 bits per heavy atom. The second kappa shape index (κ2) is 12.8. The van der Waals surface area contributed by atoms with Gasteiger partial charge < -0.3 is 24.3 Å². The molecule has 2 aromatic heterocycles. The van der Waals surface area contributed by atoms with Crippen LogP contribution in [0.1, 0.15) is 97.3 Å². The first-order chi connectivity index (χ1) is 23.7. The Balaban J connectivity index is 1.08. The van der Waals surface area contributed by atoms with E-state index >= 15 is 0 Å². The maximum atomic E-state index is 12.9. The van der Waals surface area contributed by atoms with Gasteiger partial charge in [-0.1, -0.05) is 48.9 Å². The molecule has 0 radical (unpaired) electrons. The molecule has 7 rings (SSSR count). The van der Waals surface area contributed by atoms with E-state index in [1.165, 1.54) is 0 Å². The van der Waals surface area contributed by atoms with Crippen LogP contribution in [-0.4, -0.2) is 72.8 Å². The van der Waals surface area contributed by atoms with Crippen LogP contribution in [-0.2, 0) is 9.47 Å². The molecule has 5 aromatic rings. The summed E-state index contributed by atoms with van der Waals surface area (Å²) < 4.78 is 11.3. The van der Waals surface area contributed by atoms with Crippen LogP contribution in [0.4, 0.5) is 9.59 Å². The number of hydrogen-bond acceptors (Lipinski definition) is 6. The number of likely N-dealkylation sites (tertiary alicyclic amines) is 1. The molecular weight excluding hydrogens is 628 g/mol. The highest BCUT2D eigenvalue weighted by Crippen LogP contribution is 2.39. The molecule has 0 bridgehead atoms. The molecule has 2 amide bonds. The van der Waals surface area contributed by atoms with Crippen LogP contribution in [0, 0.1) is 0 Å². The van der Waals surface area contributed by atoms with Crippen molar-refractivity contribution in [1.29, 1.82) is 0 Å². The van der Waals surface area contributed by atoms with Gasteiger partial charge in [-0.3, -0.25) is 4.90 Å². The van der Waals surface area contributed by atoms with Crippen LogP contribution in [0.25, 0.3) is 44.2 Å². The Labute approximate surface area is 293 Å². The Bertz CT molecular complexity index is 2030. The minimum Gasteiger partial charge on any atom is -0.444 e. The molecule has 1 aliphatic heterocycles. The maximum Gasteiger partial charge on any atom is 0.410 e. The van der Waals surface area contributed by atoms with E-state index in [1.807, 2.05) is 54.8 Å². The predicted octanol–water partition coefficient (Wildman–Crippen LogP) is 9.35. The van der Waals surface area contributed by atoms with Gasteiger partial charge in [0.25, 0.3) is 0 Å². The number of aromatic amines is 2. The Morgan fingerprint density at radius 3 is 2.28 bits per heavy atom. The normalized spacial score (nSPS) is 19.7. The van der Waals surface area contributed by atoms with E-state index < -0.39 is 11.2 Å². The monoisotopic (exact) mass is 676 g/mol. The van der Waals surface area contributed by atoms with Crippen molar-refractivity contribution in [1.82, 2.24) is 29.7 Å². The molecule has 50 heavy (non-hydrogen) atoms. The van der Waals surface area contributed by atoms with Gasteiger partial charge >= 0.3 is 12.2 Å². The van der Waals surface area contributed by atoms with E-state index in [2.05, 4.69) is 69.5 Å². The minimum absolute atomic E-state index is 0.0363. The lowest BCUT2D eigenvalue weighted by Gasteiger charge is -2.31. The van der Waals surface area contributed by atoms with Crippen molar-refractivity contribution in [2.24, 2.45) is 0 Å². The average Bonchev–Trinajstić information content (AvgIpc) is 3.88. The summed E-state index contributed by atoms with van der Waals surface area (Å²) in [5.41, 5.74) is 5.06. The summed E-state index contributed by atoms with van der Waals surface area (Å²) in [5.74, 6) is 1.84. The molecule has 1 saturated carbocycles. The number of carbonyl (C=O) groups is 2. The number of ether oxygens (including phenoxy) is 2. The summed E-state index contributed by atoms with van der Waals surface area (Å²) in [6.45, 7) is 12.0. The first kappa shape index (κ1) is 33.6. The number of amides is 2. The molecule has 0 spiro atoms. The van der Waals surface area contributed by atoms with Crippen LogP contribution in [0.15, 0.2) is 60.8 Å². The molecule has 3 heterocycles. The molecule has 3 atom stereocenters. The summed E-state index contributed by atoms with van der Waals surface area (Å²) in [6.07, 6.45) is 5.97. The highest BCUT2D eigenvalue weighted by molar-refractivity contribution is 6.05. The average molecular weight is 677 g/mol. The molecule has 262 valence electrons. The summed E-state index contributed by atoms with van der Waals surface area (Å²) >= 11 is 0. The first-order valence-electron chi connectivity index (χ1n) is 17.8. The van der Waals surface area contributed by atoms with Crippen molar-refractivity contribution in [3.63, 3.8) is 0 Å². The van der Waals surface area contributed by atoms with Crippen LogP contribution in [0.2, 0.25) is 0 Å². The number of hydrogen-bond donors (Lipinski definition) is 2. The zero-order chi connectivity index (χ0) is 35.4. The van der Waals surface area contributed by atoms with Crippen molar-refractivity contribution in [3.05, 3.63) is 72.4 Å². The Kier molecular flexibility index (Phi) is 8.60. The fourth-order valence-corrected chi connectivity index (χ4v) is 7.45. The smallest absolute Gasteiger partial charge is 0.410 e. The van der Waals surface area contributed by atoms with Gasteiger partial charge in [0.05, 0.1) is 29.0 Å². The largest absolute Gasteiger partial charge is 0.444 e. The molecular formula is C40H48N6O4. The quantitative estimate of drug-likeness (QED) is 0.192. The molecule has 10 nitrogen and oxygen atoms in total. The van der Waals surface area contributed by atoms with E-state index in [-0.39, 0.29) is 30.2 Å². The first-order valence-corrected chi connectivity index (χ1v) is 17.8. The molecule has 3 aromatic carbocycles.